The van der Waals surface area contributed by atoms with Crippen molar-refractivity contribution in [3.8, 4) is 5.75 Å². The number of allylic oxidation sites excluding steroid dienone is 2. The third-order valence-corrected chi connectivity index (χ3v) is 11.5. The zero-order chi connectivity index (χ0) is 27.9. The van der Waals surface area contributed by atoms with E-state index in [-0.39, 0.29) is 11.7 Å². The van der Waals surface area contributed by atoms with E-state index in [2.05, 4.69) is 19.1 Å². The normalized spacial score (nSPS) is 35.6. The summed E-state index contributed by atoms with van der Waals surface area (Å²) in [7, 11) is 0. The Morgan fingerprint density at radius 3 is 1.75 bits per heavy atom. The molecule has 0 bridgehead atoms. The first-order chi connectivity index (χ1) is 19.6. The van der Waals surface area contributed by atoms with Gasteiger partial charge in [0.05, 0.1) is 19.3 Å². The van der Waals surface area contributed by atoms with Crippen LogP contribution in [0.15, 0.2) is 24.3 Å². The van der Waals surface area contributed by atoms with Gasteiger partial charge in [-0.3, -0.25) is 0 Å². The van der Waals surface area contributed by atoms with Crippen molar-refractivity contribution in [2.24, 2.45) is 35.5 Å². The summed E-state index contributed by atoms with van der Waals surface area (Å²) in [5.41, 5.74) is 0.558. The van der Waals surface area contributed by atoms with Crippen molar-refractivity contribution in [2.45, 2.75) is 129 Å². The summed E-state index contributed by atoms with van der Waals surface area (Å²) in [6.45, 7) is 5.24. The molecule has 2 unspecified atom stereocenters. The molecule has 4 heteroatoms. The molecule has 2 nitrogen and oxygen atoms in total. The molecule has 1 aromatic rings. The van der Waals surface area contributed by atoms with Gasteiger partial charge in [0.15, 0.2) is 11.6 Å². The van der Waals surface area contributed by atoms with Crippen molar-refractivity contribution in [2.75, 3.05) is 13.2 Å². The Kier molecular flexibility index (Phi) is 11.0. The quantitative estimate of drug-likeness (QED) is 0.282. The fourth-order valence-corrected chi connectivity index (χ4v) is 9.08. The number of ether oxygens (including phenoxy) is 2. The van der Waals surface area contributed by atoms with Crippen LogP contribution in [0.2, 0.25) is 0 Å². The molecule has 1 saturated heterocycles. The predicted octanol–water partition coefficient (Wildman–Crippen LogP) is 10.4. The average Bonchev–Trinajstić information content (AvgIpc) is 3.01. The van der Waals surface area contributed by atoms with Crippen molar-refractivity contribution in [1.29, 1.82) is 0 Å². The molecule has 40 heavy (non-hydrogen) atoms. The minimum atomic E-state index is -0.815. The second-order valence-electron chi connectivity index (χ2n) is 13.6. The molecule has 0 aromatic heterocycles. The molecule has 0 N–H and O–H groups in total. The van der Waals surface area contributed by atoms with Crippen LogP contribution < -0.4 is 4.74 Å². The highest BCUT2D eigenvalue weighted by atomic mass is 19.2. The van der Waals surface area contributed by atoms with Crippen LogP contribution in [0.5, 0.6) is 5.75 Å². The van der Waals surface area contributed by atoms with Crippen LogP contribution in [0.3, 0.4) is 0 Å². The van der Waals surface area contributed by atoms with Crippen LogP contribution in [0, 0.1) is 47.1 Å². The Morgan fingerprint density at radius 2 is 1.25 bits per heavy atom. The van der Waals surface area contributed by atoms with Gasteiger partial charge >= 0.3 is 0 Å². The largest absolute Gasteiger partial charge is 0.491 e. The summed E-state index contributed by atoms with van der Waals surface area (Å²) in [4.78, 5) is 0. The smallest absolute Gasteiger partial charge is 0.200 e. The lowest BCUT2D eigenvalue weighted by molar-refractivity contribution is -0.0432. The molecule has 1 heterocycles. The van der Waals surface area contributed by atoms with Gasteiger partial charge in [-0.1, -0.05) is 18.2 Å². The summed E-state index contributed by atoms with van der Waals surface area (Å²) in [5.74, 6) is 3.88. The molecular formula is C36H54F2O2. The summed E-state index contributed by atoms with van der Waals surface area (Å²) in [5, 5.41) is 0. The zero-order valence-corrected chi connectivity index (χ0v) is 25.2. The molecule has 4 aliphatic rings. The second-order valence-corrected chi connectivity index (χ2v) is 13.6. The number of rotatable bonds is 9. The lowest BCUT2D eigenvalue weighted by Crippen LogP contribution is -2.34. The van der Waals surface area contributed by atoms with Crippen LogP contribution in [0.4, 0.5) is 8.78 Å². The van der Waals surface area contributed by atoms with Crippen molar-refractivity contribution in [3.05, 3.63) is 41.5 Å². The van der Waals surface area contributed by atoms with E-state index in [1.807, 2.05) is 0 Å². The van der Waals surface area contributed by atoms with Gasteiger partial charge in [-0.25, -0.2) is 4.39 Å². The highest BCUT2D eigenvalue weighted by Gasteiger charge is 2.37. The van der Waals surface area contributed by atoms with E-state index in [9.17, 15) is 8.78 Å². The van der Waals surface area contributed by atoms with Gasteiger partial charge in [-0.2, -0.15) is 4.39 Å². The molecule has 5 rings (SSSR count). The van der Waals surface area contributed by atoms with E-state index in [0.29, 0.717) is 18.3 Å². The minimum absolute atomic E-state index is 0.0371. The van der Waals surface area contributed by atoms with Crippen LogP contribution in [-0.2, 0) is 4.74 Å². The molecule has 3 aliphatic carbocycles. The van der Waals surface area contributed by atoms with E-state index in [1.165, 1.54) is 83.5 Å². The third kappa shape index (κ3) is 7.31. The molecule has 1 aliphatic heterocycles. The lowest BCUT2D eigenvalue weighted by atomic mass is 9.64. The summed E-state index contributed by atoms with van der Waals surface area (Å²) >= 11 is 0. The van der Waals surface area contributed by atoms with Crippen molar-refractivity contribution in [1.82, 2.24) is 0 Å². The Balaban J connectivity index is 1.01. The highest BCUT2D eigenvalue weighted by Crippen LogP contribution is 2.48. The molecule has 0 radical (unpaired) electrons. The molecule has 224 valence electrons. The Labute approximate surface area is 242 Å². The van der Waals surface area contributed by atoms with E-state index in [1.54, 1.807) is 19.1 Å². The van der Waals surface area contributed by atoms with Gasteiger partial charge in [-0.15, -0.1) is 0 Å². The van der Waals surface area contributed by atoms with Crippen LogP contribution in [0.25, 0.3) is 0 Å². The minimum Gasteiger partial charge on any atom is -0.491 e. The van der Waals surface area contributed by atoms with Crippen molar-refractivity contribution >= 4 is 0 Å². The second kappa shape index (κ2) is 14.7. The van der Waals surface area contributed by atoms with Gasteiger partial charge in [-0.05, 0) is 170 Å². The Morgan fingerprint density at radius 1 is 0.725 bits per heavy atom. The van der Waals surface area contributed by atoms with Gasteiger partial charge in [0.1, 0.15) is 0 Å². The average molecular weight is 557 g/mol. The number of hydrogen-bond acceptors (Lipinski definition) is 2. The van der Waals surface area contributed by atoms with Crippen molar-refractivity contribution in [3.63, 3.8) is 0 Å². The molecule has 3 saturated carbocycles. The lowest BCUT2D eigenvalue weighted by Gasteiger charge is -2.43. The van der Waals surface area contributed by atoms with E-state index in [0.717, 1.165) is 61.4 Å². The molecule has 1 aromatic carbocycles. The molecule has 4 fully saturated rings. The van der Waals surface area contributed by atoms with Crippen LogP contribution in [-0.4, -0.2) is 19.3 Å². The van der Waals surface area contributed by atoms with Crippen LogP contribution >= 0.6 is 0 Å². The van der Waals surface area contributed by atoms with E-state index in [4.69, 9.17) is 9.47 Å². The maximum atomic E-state index is 14.8. The molecule has 2 atom stereocenters. The number of benzene rings is 1. The number of hydrogen-bond donors (Lipinski definition) is 0. The maximum Gasteiger partial charge on any atom is 0.200 e. The predicted molar refractivity (Wildman–Crippen MR) is 160 cm³/mol. The monoisotopic (exact) mass is 556 g/mol. The first-order valence-corrected chi connectivity index (χ1v) is 16.9. The standard InChI is InChI=1S/C36H54F2O2/c1-3-5-6-7-32-21-20-31(24-40-32)29-14-12-27(13-15-29)25-8-10-26(11-9-25)28-16-18-30(19-17-28)33-22-23-34(39-4-2)36(38)35(33)37/h3,5,22-23,25-32H,4,6-21,24H2,1-2H3. The van der Waals surface area contributed by atoms with E-state index >= 15 is 0 Å². The first kappa shape index (κ1) is 30.1. The first-order valence-electron chi connectivity index (χ1n) is 16.9. The highest BCUT2D eigenvalue weighted by molar-refractivity contribution is 5.33. The maximum absolute atomic E-state index is 14.8. The van der Waals surface area contributed by atoms with Crippen molar-refractivity contribution < 1.29 is 18.3 Å². The number of halogens is 2. The van der Waals surface area contributed by atoms with Gasteiger partial charge in [0.25, 0.3) is 0 Å². The zero-order valence-electron chi connectivity index (χ0n) is 25.2. The van der Waals surface area contributed by atoms with Crippen LogP contribution in [0.1, 0.15) is 128 Å². The fraction of sp³-hybridized carbons (Fsp3) is 0.778. The van der Waals surface area contributed by atoms with E-state index < -0.39 is 11.6 Å². The topological polar surface area (TPSA) is 18.5 Å². The Hall–Kier alpha value is -1.42. The Bertz CT molecular complexity index is 928. The molecular weight excluding hydrogens is 502 g/mol. The fourth-order valence-electron chi connectivity index (χ4n) is 9.08. The summed E-state index contributed by atoms with van der Waals surface area (Å²) in [6.07, 6.45) is 25.5. The summed E-state index contributed by atoms with van der Waals surface area (Å²) in [6, 6.07) is 3.38. The molecule has 0 spiro atoms. The SMILES string of the molecule is CC=CCCC1CCC(C2CCC(C3CCC(C4CCC(c5ccc(OCC)c(F)c5F)CC4)CC3)CC2)CO1. The van der Waals surface area contributed by atoms with Gasteiger partial charge < -0.3 is 9.47 Å². The molecule has 0 amide bonds. The van der Waals surface area contributed by atoms with Gasteiger partial charge in [0.2, 0.25) is 5.82 Å². The third-order valence-electron chi connectivity index (χ3n) is 11.5. The summed E-state index contributed by atoms with van der Waals surface area (Å²) < 4.78 is 40.7. The van der Waals surface area contributed by atoms with Gasteiger partial charge in [0, 0.05) is 0 Å².